The number of fused-ring (bicyclic) bond motifs is 1. The van der Waals surface area contributed by atoms with Gasteiger partial charge in [-0.1, -0.05) is 26.0 Å². The van der Waals surface area contributed by atoms with Crippen LogP contribution in [0.4, 0.5) is 0 Å². The fourth-order valence-corrected chi connectivity index (χ4v) is 7.46. The number of hydrogen-bond acceptors (Lipinski definition) is 7. The minimum Gasteiger partial charge on any atom is -0.457 e. The second-order valence-corrected chi connectivity index (χ2v) is 10.8. The first-order valence-electron chi connectivity index (χ1n) is 12.3. The molecule has 5 aliphatic rings. The SMILES string of the molecule is CCN(C)C1C[C@@]23CC[C@@]4(O2)C(=CCC2(C)C(=O)CC[C@H]24)C=C3[C@@H](OC(C)=O)C1OC(C)=O. The molecule has 2 heterocycles. The van der Waals surface area contributed by atoms with Gasteiger partial charge in [0.05, 0.1) is 17.2 Å². The van der Waals surface area contributed by atoms with Crippen LogP contribution in [0.15, 0.2) is 23.3 Å². The Kier molecular flexibility index (Phi) is 5.18. The van der Waals surface area contributed by atoms with Gasteiger partial charge in [0.15, 0.2) is 12.2 Å². The molecule has 2 spiro atoms. The van der Waals surface area contributed by atoms with Crippen LogP contribution in [-0.4, -0.2) is 65.7 Å². The van der Waals surface area contributed by atoms with Crippen molar-refractivity contribution in [2.24, 2.45) is 11.3 Å². The lowest BCUT2D eigenvalue weighted by Gasteiger charge is -2.55. The van der Waals surface area contributed by atoms with Crippen LogP contribution in [0, 0.1) is 11.3 Å². The van der Waals surface area contributed by atoms with Crippen molar-refractivity contribution in [3.05, 3.63) is 23.3 Å². The third kappa shape index (κ3) is 3.11. The highest BCUT2D eigenvalue weighted by molar-refractivity contribution is 5.88. The summed E-state index contributed by atoms with van der Waals surface area (Å²) in [6.45, 7) is 7.71. The Morgan fingerprint density at radius 3 is 2.61 bits per heavy atom. The summed E-state index contributed by atoms with van der Waals surface area (Å²) >= 11 is 0. The molecule has 7 nitrogen and oxygen atoms in total. The molecule has 1 saturated heterocycles. The number of nitrogens with zero attached hydrogens (tertiary/aromatic N) is 1. The Balaban J connectivity index is 1.64. The lowest BCUT2D eigenvalue weighted by Crippen LogP contribution is -2.63. The van der Waals surface area contributed by atoms with Gasteiger partial charge in [-0.05, 0) is 51.3 Å². The number of rotatable bonds is 4. The number of esters is 2. The van der Waals surface area contributed by atoms with E-state index in [9.17, 15) is 14.4 Å². The topological polar surface area (TPSA) is 82.1 Å². The first-order chi connectivity index (χ1) is 15.6. The molecule has 3 unspecified atom stereocenters. The van der Waals surface area contributed by atoms with Crippen LogP contribution in [0.5, 0.6) is 0 Å². The van der Waals surface area contributed by atoms with E-state index in [0.29, 0.717) is 25.0 Å². The molecule has 2 saturated carbocycles. The molecule has 0 N–H and O–H groups in total. The standard InChI is InChI=1S/C26H35NO6/c1-6-27(5)19-14-25-11-12-26(33-25)17(9-10-24(4)20(26)7-8-21(24)30)13-18(25)22(31-15(2)28)23(19)32-16(3)29/h9,13,19-20,22-23H,6-8,10-12,14H2,1-5H3/t19?,20-,22-,23?,24?,25-,26-/m1/s1. The molecule has 7 heteroatoms. The van der Waals surface area contributed by atoms with E-state index in [1.807, 2.05) is 7.05 Å². The smallest absolute Gasteiger partial charge is 0.303 e. The molecule has 2 bridgehead atoms. The third-order valence-electron chi connectivity index (χ3n) is 9.16. The van der Waals surface area contributed by atoms with Crippen molar-refractivity contribution in [3.63, 3.8) is 0 Å². The molecule has 0 aromatic heterocycles. The van der Waals surface area contributed by atoms with Crippen LogP contribution < -0.4 is 0 Å². The van der Waals surface area contributed by atoms with Gasteiger partial charge in [-0.15, -0.1) is 0 Å². The van der Waals surface area contributed by atoms with E-state index in [2.05, 4.69) is 30.9 Å². The average Bonchev–Trinajstić information content (AvgIpc) is 3.23. The van der Waals surface area contributed by atoms with Gasteiger partial charge < -0.3 is 14.2 Å². The highest BCUT2D eigenvalue weighted by Gasteiger charge is 2.69. The molecular formula is C26H35NO6. The van der Waals surface area contributed by atoms with Gasteiger partial charge in [-0.25, -0.2) is 0 Å². The number of ketones is 1. The Labute approximate surface area is 195 Å². The van der Waals surface area contributed by atoms with Crippen LogP contribution >= 0.6 is 0 Å². The predicted molar refractivity (Wildman–Crippen MR) is 120 cm³/mol. The Bertz CT molecular complexity index is 970. The number of carbonyl (C=O) groups excluding carboxylic acids is 3. The van der Waals surface area contributed by atoms with E-state index < -0.39 is 35.3 Å². The molecule has 0 aromatic rings. The summed E-state index contributed by atoms with van der Waals surface area (Å²) in [7, 11) is 2.00. The summed E-state index contributed by atoms with van der Waals surface area (Å²) < 4.78 is 18.8. The summed E-state index contributed by atoms with van der Waals surface area (Å²) in [4.78, 5) is 39.2. The largest absolute Gasteiger partial charge is 0.457 e. The molecule has 2 aliphatic heterocycles. The molecule has 3 fully saturated rings. The van der Waals surface area contributed by atoms with Crippen molar-refractivity contribution in [2.75, 3.05) is 13.6 Å². The molecule has 0 amide bonds. The van der Waals surface area contributed by atoms with Crippen LogP contribution in [0.25, 0.3) is 0 Å². The lowest BCUT2D eigenvalue weighted by atomic mass is 9.60. The Hall–Kier alpha value is -1.99. The van der Waals surface area contributed by atoms with Crippen molar-refractivity contribution in [2.45, 2.75) is 95.7 Å². The fourth-order valence-electron chi connectivity index (χ4n) is 7.46. The summed E-state index contributed by atoms with van der Waals surface area (Å²) in [5, 5.41) is 0. The number of ether oxygens (including phenoxy) is 3. The average molecular weight is 458 g/mol. The fraction of sp³-hybridized carbons (Fsp3) is 0.731. The van der Waals surface area contributed by atoms with Gasteiger partial charge in [-0.3, -0.25) is 19.3 Å². The lowest BCUT2D eigenvalue weighted by molar-refractivity contribution is -0.192. The van der Waals surface area contributed by atoms with E-state index in [1.54, 1.807) is 0 Å². The van der Waals surface area contributed by atoms with Crippen LogP contribution in [0.3, 0.4) is 0 Å². The second-order valence-electron chi connectivity index (χ2n) is 10.8. The van der Waals surface area contributed by atoms with Gasteiger partial charge in [0.1, 0.15) is 5.78 Å². The maximum Gasteiger partial charge on any atom is 0.303 e. The maximum absolute atomic E-state index is 12.8. The minimum absolute atomic E-state index is 0.152. The summed E-state index contributed by atoms with van der Waals surface area (Å²) in [6, 6.07) is -0.152. The quantitative estimate of drug-likeness (QED) is 0.600. The molecule has 7 atom stereocenters. The molecule has 3 aliphatic carbocycles. The van der Waals surface area contributed by atoms with Gasteiger partial charge in [0.2, 0.25) is 0 Å². The number of carbonyl (C=O) groups is 3. The molecule has 0 aromatic carbocycles. The molecule has 0 radical (unpaired) electrons. The van der Waals surface area contributed by atoms with Gasteiger partial charge in [-0.2, -0.15) is 0 Å². The van der Waals surface area contributed by atoms with E-state index >= 15 is 0 Å². The van der Waals surface area contributed by atoms with Gasteiger partial charge in [0, 0.05) is 37.2 Å². The van der Waals surface area contributed by atoms with E-state index in [1.165, 1.54) is 13.8 Å². The van der Waals surface area contributed by atoms with E-state index in [-0.39, 0.29) is 17.4 Å². The summed E-state index contributed by atoms with van der Waals surface area (Å²) in [5.41, 5.74) is 0.574. The molecule has 180 valence electrons. The highest BCUT2D eigenvalue weighted by Crippen LogP contribution is 2.66. The van der Waals surface area contributed by atoms with E-state index in [4.69, 9.17) is 14.2 Å². The molecule has 33 heavy (non-hydrogen) atoms. The number of hydrogen-bond donors (Lipinski definition) is 0. The summed E-state index contributed by atoms with van der Waals surface area (Å²) in [6.07, 6.45) is 7.50. The first-order valence-corrected chi connectivity index (χ1v) is 12.3. The van der Waals surface area contributed by atoms with Gasteiger partial charge >= 0.3 is 11.9 Å². The number of likely N-dealkylation sites (N-methyl/N-ethyl adjacent to an activating group) is 1. The van der Waals surface area contributed by atoms with E-state index in [0.717, 1.165) is 37.0 Å². The zero-order valence-corrected chi connectivity index (χ0v) is 20.3. The van der Waals surface area contributed by atoms with Crippen LogP contribution in [-0.2, 0) is 28.6 Å². The van der Waals surface area contributed by atoms with Crippen molar-refractivity contribution in [1.29, 1.82) is 0 Å². The zero-order chi connectivity index (χ0) is 23.8. The normalized spacial score (nSPS) is 43.3. The first kappa shape index (κ1) is 22.8. The zero-order valence-electron chi connectivity index (χ0n) is 20.3. The number of Topliss-reactive ketones (excluding diaryl/α,β-unsaturated/α-hetero) is 1. The summed E-state index contributed by atoms with van der Waals surface area (Å²) in [5.74, 6) is -0.293. The maximum atomic E-state index is 12.8. The molecule has 5 rings (SSSR count). The van der Waals surface area contributed by atoms with Crippen molar-refractivity contribution in [3.8, 4) is 0 Å². The number of allylic oxidation sites excluding steroid dienone is 1. The van der Waals surface area contributed by atoms with Crippen LogP contribution in [0.1, 0.15) is 66.2 Å². The predicted octanol–water partition coefficient (Wildman–Crippen LogP) is 3.12. The minimum atomic E-state index is -0.699. The van der Waals surface area contributed by atoms with Crippen molar-refractivity contribution < 1.29 is 28.6 Å². The third-order valence-corrected chi connectivity index (χ3v) is 9.16. The Morgan fingerprint density at radius 1 is 1.21 bits per heavy atom. The van der Waals surface area contributed by atoms with Gasteiger partial charge in [0.25, 0.3) is 0 Å². The monoisotopic (exact) mass is 457 g/mol. The van der Waals surface area contributed by atoms with Crippen LogP contribution in [0.2, 0.25) is 0 Å². The van der Waals surface area contributed by atoms with Crippen molar-refractivity contribution in [1.82, 2.24) is 4.90 Å². The van der Waals surface area contributed by atoms with Crippen molar-refractivity contribution >= 4 is 17.7 Å². The Morgan fingerprint density at radius 2 is 1.94 bits per heavy atom. The molecular weight excluding hydrogens is 422 g/mol. The highest BCUT2D eigenvalue weighted by atomic mass is 16.6. The second kappa shape index (κ2) is 7.51.